The van der Waals surface area contributed by atoms with Crippen LogP contribution in [-0.2, 0) is 5.60 Å². The Morgan fingerprint density at radius 2 is 1.66 bits per heavy atom. The Morgan fingerprint density at radius 1 is 0.971 bits per heavy atom. The second-order valence-electron chi connectivity index (χ2n) is 9.09. The largest absolute Gasteiger partial charge is 0.490 e. The zero-order chi connectivity index (χ0) is 25.0. The van der Waals surface area contributed by atoms with E-state index in [1.54, 1.807) is 6.07 Å². The summed E-state index contributed by atoms with van der Waals surface area (Å²) in [4.78, 5) is 6.41. The summed E-state index contributed by atoms with van der Waals surface area (Å²) in [7, 11) is 3.79. The third-order valence-electron chi connectivity index (χ3n) is 6.51. The zero-order valence-electron chi connectivity index (χ0n) is 20.3. The molecule has 0 spiro atoms. The number of ether oxygens (including phenoxy) is 1. The second kappa shape index (κ2) is 10.6. The fourth-order valence-corrected chi connectivity index (χ4v) is 4.79. The van der Waals surface area contributed by atoms with Crippen molar-refractivity contribution in [1.82, 2.24) is 9.88 Å². The molecule has 0 saturated carbocycles. The highest BCUT2D eigenvalue weighted by atomic mass is 16.5. The first kappa shape index (κ1) is 24.9. The number of methoxy groups -OCH3 is 1. The van der Waals surface area contributed by atoms with Crippen LogP contribution in [0.3, 0.4) is 0 Å². The Hall–Kier alpha value is -3.23. The van der Waals surface area contributed by atoms with Crippen molar-refractivity contribution in [3.8, 4) is 5.88 Å². The molecule has 2 atom stereocenters. The quantitative estimate of drug-likeness (QED) is 0.326. The molecule has 0 aliphatic rings. The van der Waals surface area contributed by atoms with E-state index in [4.69, 9.17) is 4.74 Å². The maximum atomic E-state index is 12.8. The Bertz CT molecular complexity index is 1280. The molecule has 0 amide bonds. The SMILES string of the molecule is COc1ncc(B(O)O)cc1C(c1ccccc1)C(O)(CCN(C)C)c1cccc2ccccc12. The summed E-state index contributed by atoms with van der Waals surface area (Å²) in [5.74, 6) is -0.276. The lowest BCUT2D eigenvalue weighted by Gasteiger charge is -2.39. The molecule has 0 fully saturated rings. The van der Waals surface area contributed by atoms with Gasteiger partial charge in [-0.1, -0.05) is 78.9 Å². The summed E-state index contributed by atoms with van der Waals surface area (Å²) < 4.78 is 5.63. The van der Waals surface area contributed by atoms with Gasteiger partial charge in [0.25, 0.3) is 0 Å². The molecule has 35 heavy (non-hydrogen) atoms. The van der Waals surface area contributed by atoms with E-state index in [1.807, 2.05) is 91.8 Å². The van der Waals surface area contributed by atoms with Gasteiger partial charge in [0.2, 0.25) is 5.88 Å². The maximum Gasteiger partial charge on any atom is 0.490 e. The van der Waals surface area contributed by atoms with E-state index < -0.39 is 18.6 Å². The van der Waals surface area contributed by atoms with Crippen molar-refractivity contribution in [3.63, 3.8) is 0 Å². The summed E-state index contributed by atoms with van der Waals surface area (Å²) in [6, 6.07) is 25.4. The number of rotatable bonds is 9. The van der Waals surface area contributed by atoms with Crippen LogP contribution in [-0.4, -0.2) is 59.9 Å². The minimum atomic E-state index is -1.70. The zero-order valence-corrected chi connectivity index (χ0v) is 20.3. The first-order valence-electron chi connectivity index (χ1n) is 11.7. The van der Waals surface area contributed by atoms with E-state index in [0.717, 1.165) is 21.9 Å². The van der Waals surface area contributed by atoms with Gasteiger partial charge in [-0.25, -0.2) is 4.98 Å². The van der Waals surface area contributed by atoms with Gasteiger partial charge in [0.15, 0.2) is 0 Å². The molecule has 180 valence electrons. The smallest absolute Gasteiger partial charge is 0.481 e. The third-order valence-corrected chi connectivity index (χ3v) is 6.51. The first-order valence-corrected chi connectivity index (χ1v) is 11.7. The van der Waals surface area contributed by atoms with E-state index in [-0.39, 0.29) is 5.46 Å². The monoisotopic (exact) mass is 470 g/mol. The summed E-state index contributed by atoms with van der Waals surface area (Å²) in [6.07, 6.45) is 1.80. The number of hydrogen-bond donors (Lipinski definition) is 3. The van der Waals surface area contributed by atoms with Crippen molar-refractivity contribution < 1.29 is 19.9 Å². The predicted molar refractivity (Wildman–Crippen MR) is 140 cm³/mol. The van der Waals surface area contributed by atoms with Crippen LogP contribution in [0.5, 0.6) is 5.88 Å². The fraction of sp³-hybridized carbons (Fsp3) is 0.250. The van der Waals surface area contributed by atoms with Crippen LogP contribution in [0.4, 0.5) is 0 Å². The molecule has 3 aromatic carbocycles. The fourth-order valence-electron chi connectivity index (χ4n) is 4.79. The van der Waals surface area contributed by atoms with E-state index in [2.05, 4.69) is 4.98 Å². The van der Waals surface area contributed by atoms with Gasteiger partial charge in [-0.3, -0.25) is 0 Å². The number of nitrogens with zero attached hydrogens (tertiary/aromatic N) is 2. The highest BCUT2D eigenvalue weighted by Gasteiger charge is 2.43. The number of hydrogen-bond acceptors (Lipinski definition) is 6. The highest BCUT2D eigenvalue weighted by molar-refractivity contribution is 6.58. The standard InChI is InChI=1S/C28H31BN2O4/c1-31(2)17-16-28(32,25-15-9-13-20-10-7-8-14-23(20)25)26(21-11-5-4-6-12-21)24-18-22(29(33)34)19-30-27(24)35-3/h4-15,18-19,26,32-34H,16-17H2,1-3H3. The average Bonchev–Trinajstić information content (AvgIpc) is 2.87. The van der Waals surface area contributed by atoms with Crippen molar-refractivity contribution in [2.24, 2.45) is 0 Å². The highest BCUT2D eigenvalue weighted by Crippen LogP contribution is 2.48. The molecule has 7 heteroatoms. The second-order valence-corrected chi connectivity index (χ2v) is 9.09. The van der Waals surface area contributed by atoms with E-state index in [1.165, 1.54) is 13.3 Å². The molecule has 6 nitrogen and oxygen atoms in total. The van der Waals surface area contributed by atoms with Crippen LogP contribution in [0.2, 0.25) is 0 Å². The molecule has 0 saturated heterocycles. The van der Waals surface area contributed by atoms with Gasteiger partial charge in [-0.15, -0.1) is 0 Å². The molecule has 3 N–H and O–H groups in total. The van der Waals surface area contributed by atoms with Crippen LogP contribution in [0.1, 0.15) is 29.0 Å². The molecule has 1 aromatic heterocycles. The number of aromatic nitrogens is 1. The Balaban J connectivity index is 2.05. The summed E-state index contributed by atoms with van der Waals surface area (Å²) in [5, 5.41) is 34.6. The van der Waals surface area contributed by atoms with Gasteiger partial charge >= 0.3 is 7.12 Å². The molecule has 4 aromatic rings. The summed E-state index contributed by atoms with van der Waals surface area (Å²) in [5.41, 5.74) is 1.10. The predicted octanol–water partition coefficient (Wildman–Crippen LogP) is 2.89. The van der Waals surface area contributed by atoms with Crippen molar-refractivity contribution in [2.75, 3.05) is 27.7 Å². The lowest BCUT2D eigenvalue weighted by Crippen LogP contribution is -2.39. The van der Waals surface area contributed by atoms with Gasteiger partial charge < -0.3 is 24.8 Å². The van der Waals surface area contributed by atoms with Gasteiger partial charge in [-0.05, 0) is 42.4 Å². The van der Waals surface area contributed by atoms with Gasteiger partial charge in [0.1, 0.15) is 5.60 Å². The molecular weight excluding hydrogens is 439 g/mol. The summed E-state index contributed by atoms with van der Waals surface area (Å²) in [6.45, 7) is 0.626. The van der Waals surface area contributed by atoms with Crippen molar-refractivity contribution in [3.05, 3.63) is 102 Å². The van der Waals surface area contributed by atoms with Gasteiger partial charge in [0.05, 0.1) is 7.11 Å². The minimum absolute atomic E-state index is 0.231. The molecule has 0 aliphatic heterocycles. The third kappa shape index (κ3) is 5.09. The molecule has 0 bridgehead atoms. The molecule has 1 heterocycles. The first-order chi connectivity index (χ1) is 16.8. The number of pyridine rings is 1. The van der Waals surface area contributed by atoms with Crippen LogP contribution in [0, 0.1) is 0 Å². The van der Waals surface area contributed by atoms with Crippen molar-refractivity contribution >= 4 is 23.4 Å². The lowest BCUT2D eigenvalue weighted by atomic mass is 9.69. The molecule has 0 aliphatic carbocycles. The van der Waals surface area contributed by atoms with Crippen LogP contribution >= 0.6 is 0 Å². The number of aliphatic hydroxyl groups is 1. The summed E-state index contributed by atoms with van der Waals surface area (Å²) >= 11 is 0. The van der Waals surface area contributed by atoms with E-state index in [0.29, 0.717) is 24.4 Å². The van der Waals surface area contributed by atoms with Crippen molar-refractivity contribution in [2.45, 2.75) is 17.9 Å². The Labute approximate surface area is 206 Å². The number of fused-ring (bicyclic) bond motifs is 1. The van der Waals surface area contributed by atoms with Crippen LogP contribution < -0.4 is 10.2 Å². The Kier molecular flexibility index (Phi) is 7.52. The maximum absolute atomic E-state index is 12.8. The van der Waals surface area contributed by atoms with E-state index >= 15 is 0 Å². The van der Waals surface area contributed by atoms with E-state index in [9.17, 15) is 15.2 Å². The Morgan fingerprint density at radius 3 is 2.34 bits per heavy atom. The molecule has 4 rings (SSSR count). The van der Waals surface area contributed by atoms with Crippen molar-refractivity contribution in [1.29, 1.82) is 0 Å². The average molecular weight is 470 g/mol. The van der Waals surface area contributed by atoms with Crippen LogP contribution in [0.15, 0.2) is 85.1 Å². The topological polar surface area (TPSA) is 86.0 Å². The van der Waals surface area contributed by atoms with Gasteiger partial charge in [-0.2, -0.15) is 0 Å². The minimum Gasteiger partial charge on any atom is -0.481 e. The number of benzene rings is 3. The lowest BCUT2D eigenvalue weighted by molar-refractivity contribution is 0.00517. The van der Waals surface area contributed by atoms with Gasteiger partial charge in [0, 0.05) is 29.7 Å². The molecular formula is C28H31BN2O4. The molecule has 0 radical (unpaired) electrons. The molecule has 2 unspecified atom stereocenters. The normalized spacial score (nSPS) is 14.0. The van der Waals surface area contributed by atoms with Crippen LogP contribution in [0.25, 0.3) is 10.8 Å².